The first kappa shape index (κ1) is 16.3. The van der Waals surface area contributed by atoms with Crippen LogP contribution in [0.15, 0.2) is 46.9 Å². The molecule has 0 spiro atoms. The molecule has 1 atom stereocenters. The average Bonchev–Trinajstić information content (AvgIpc) is 2.50. The summed E-state index contributed by atoms with van der Waals surface area (Å²) in [5.74, 6) is 0.879. The van der Waals surface area contributed by atoms with Crippen LogP contribution < -0.4 is 10.1 Å². The maximum atomic E-state index is 6.26. The Balaban J connectivity index is 2.04. The molecule has 2 aromatic rings. The zero-order valence-electron chi connectivity index (χ0n) is 12.2. The third-order valence-corrected chi connectivity index (χ3v) is 4.33. The Morgan fingerprint density at radius 2 is 1.90 bits per heavy atom. The third-order valence-electron chi connectivity index (χ3n) is 3.48. The summed E-state index contributed by atoms with van der Waals surface area (Å²) in [5, 5.41) is 4.34. The van der Waals surface area contributed by atoms with Crippen LogP contribution in [0.1, 0.15) is 30.5 Å². The van der Waals surface area contributed by atoms with Crippen LogP contribution in [0.5, 0.6) is 5.75 Å². The number of hydrogen-bond acceptors (Lipinski definition) is 2. The zero-order valence-corrected chi connectivity index (χ0v) is 14.5. The van der Waals surface area contributed by atoms with Crippen LogP contribution in [-0.2, 0) is 6.54 Å². The molecule has 0 saturated carbocycles. The molecule has 2 nitrogen and oxygen atoms in total. The smallest absolute Gasteiger partial charge is 0.118 e. The van der Waals surface area contributed by atoms with Gasteiger partial charge in [0.15, 0.2) is 0 Å². The van der Waals surface area contributed by atoms with Gasteiger partial charge in [0.1, 0.15) is 5.75 Å². The topological polar surface area (TPSA) is 21.3 Å². The number of nitrogens with one attached hydrogen (secondary N) is 1. The minimum Gasteiger partial charge on any atom is -0.497 e. The highest BCUT2D eigenvalue weighted by atomic mass is 79.9. The molecule has 1 unspecified atom stereocenters. The van der Waals surface area contributed by atoms with Crippen LogP contribution in [0.3, 0.4) is 0 Å². The van der Waals surface area contributed by atoms with Gasteiger partial charge in [-0.05, 0) is 41.8 Å². The minimum atomic E-state index is 0.301. The number of benzene rings is 2. The fraction of sp³-hybridized carbons (Fsp3) is 0.294. The summed E-state index contributed by atoms with van der Waals surface area (Å²) < 4.78 is 6.20. The highest BCUT2D eigenvalue weighted by Crippen LogP contribution is 2.24. The Labute approximate surface area is 139 Å². The molecule has 4 heteroatoms. The molecule has 0 bridgehead atoms. The van der Waals surface area contributed by atoms with E-state index >= 15 is 0 Å². The fourth-order valence-corrected chi connectivity index (χ4v) is 2.97. The van der Waals surface area contributed by atoms with Gasteiger partial charge < -0.3 is 10.1 Å². The Bertz CT molecular complexity index is 586. The van der Waals surface area contributed by atoms with E-state index in [4.69, 9.17) is 16.3 Å². The standard InChI is InChI=1S/C17H19BrClNO/c1-3-17(12-5-8-15(21-2)9-6-12)20-11-13-4-7-14(18)10-16(13)19/h4-10,17,20H,3,11H2,1-2H3. The number of methoxy groups -OCH3 is 1. The van der Waals surface area contributed by atoms with Crippen molar-refractivity contribution in [2.24, 2.45) is 0 Å². The second-order valence-corrected chi connectivity index (χ2v) is 6.17. The van der Waals surface area contributed by atoms with Gasteiger partial charge in [-0.2, -0.15) is 0 Å². The van der Waals surface area contributed by atoms with E-state index in [2.05, 4.69) is 40.3 Å². The van der Waals surface area contributed by atoms with Crippen molar-refractivity contribution < 1.29 is 4.74 Å². The minimum absolute atomic E-state index is 0.301. The van der Waals surface area contributed by atoms with Crippen molar-refractivity contribution in [3.8, 4) is 5.75 Å². The molecule has 2 aromatic carbocycles. The number of hydrogen-bond donors (Lipinski definition) is 1. The molecule has 1 N–H and O–H groups in total. The summed E-state index contributed by atoms with van der Waals surface area (Å²) >= 11 is 9.68. The van der Waals surface area contributed by atoms with E-state index in [0.717, 1.165) is 33.8 Å². The van der Waals surface area contributed by atoms with Crippen LogP contribution in [-0.4, -0.2) is 7.11 Å². The lowest BCUT2D eigenvalue weighted by Crippen LogP contribution is -2.20. The number of rotatable bonds is 6. The largest absolute Gasteiger partial charge is 0.497 e. The first-order valence-corrected chi connectivity index (χ1v) is 8.12. The number of halogens is 2. The molecule has 112 valence electrons. The van der Waals surface area contributed by atoms with Gasteiger partial charge in [0.2, 0.25) is 0 Å². The zero-order chi connectivity index (χ0) is 15.2. The summed E-state index contributed by atoms with van der Waals surface area (Å²) in [4.78, 5) is 0. The first-order valence-electron chi connectivity index (χ1n) is 6.95. The molecule has 2 rings (SSSR count). The van der Waals surface area contributed by atoms with Crippen LogP contribution in [0, 0.1) is 0 Å². The molecule has 0 heterocycles. The van der Waals surface area contributed by atoms with Gasteiger partial charge in [0, 0.05) is 22.1 Å². The van der Waals surface area contributed by atoms with Crippen LogP contribution in [0.25, 0.3) is 0 Å². The predicted molar refractivity (Wildman–Crippen MR) is 92.0 cm³/mol. The van der Waals surface area contributed by atoms with Gasteiger partial charge >= 0.3 is 0 Å². The summed E-state index contributed by atoms with van der Waals surface area (Å²) in [6.45, 7) is 2.92. The van der Waals surface area contributed by atoms with E-state index in [9.17, 15) is 0 Å². The second-order valence-electron chi connectivity index (χ2n) is 4.85. The van der Waals surface area contributed by atoms with Gasteiger partial charge in [0.25, 0.3) is 0 Å². The lowest BCUT2D eigenvalue weighted by molar-refractivity contribution is 0.414. The van der Waals surface area contributed by atoms with E-state index < -0.39 is 0 Å². The van der Waals surface area contributed by atoms with Gasteiger partial charge in [-0.3, -0.25) is 0 Å². The maximum absolute atomic E-state index is 6.26. The molecule has 0 amide bonds. The SMILES string of the molecule is CCC(NCc1ccc(Br)cc1Cl)c1ccc(OC)cc1. The Morgan fingerprint density at radius 3 is 2.48 bits per heavy atom. The van der Waals surface area contributed by atoms with E-state index in [1.54, 1.807) is 7.11 Å². The maximum Gasteiger partial charge on any atom is 0.118 e. The highest BCUT2D eigenvalue weighted by Gasteiger charge is 2.10. The fourth-order valence-electron chi connectivity index (χ4n) is 2.23. The van der Waals surface area contributed by atoms with Crippen molar-refractivity contribution in [2.75, 3.05) is 7.11 Å². The summed E-state index contributed by atoms with van der Waals surface area (Å²) in [7, 11) is 1.68. The van der Waals surface area contributed by atoms with Crippen molar-refractivity contribution in [2.45, 2.75) is 25.9 Å². The molecule has 0 fully saturated rings. The highest BCUT2D eigenvalue weighted by molar-refractivity contribution is 9.10. The van der Waals surface area contributed by atoms with E-state index in [-0.39, 0.29) is 0 Å². The Morgan fingerprint density at radius 1 is 1.19 bits per heavy atom. The van der Waals surface area contributed by atoms with Crippen molar-refractivity contribution >= 4 is 27.5 Å². The molecule has 0 aliphatic carbocycles. The summed E-state index contributed by atoms with van der Waals surface area (Å²) in [6, 6.07) is 14.5. The molecular weight excluding hydrogens is 350 g/mol. The lowest BCUT2D eigenvalue weighted by Gasteiger charge is -2.18. The van der Waals surface area contributed by atoms with Crippen molar-refractivity contribution in [1.29, 1.82) is 0 Å². The van der Waals surface area contributed by atoms with Crippen molar-refractivity contribution in [1.82, 2.24) is 5.32 Å². The molecule has 0 aromatic heterocycles. The van der Waals surface area contributed by atoms with Crippen LogP contribution in [0.2, 0.25) is 5.02 Å². The van der Waals surface area contributed by atoms with Gasteiger partial charge in [-0.1, -0.05) is 52.7 Å². The van der Waals surface area contributed by atoms with E-state index in [1.807, 2.05) is 30.3 Å². The van der Waals surface area contributed by atoms with E-state index in [1.165, 1.54) is 5.56 Å². The number of ether oxygens (including phenoxy) is 1. The Kier molecular flexibility index (Phi) is 6.09. The molecular formula is C17H19BrClNO. The molecule has 0 aliphatic rings. The molecule has 0 aliphatic heterocycles. The quantitative estimate of drug-likeness (QED) is 0.742. The van der Waals surface area contributed by atoms with Gasteiger partial charge in [-0.25, -0.2) is 0 Å². The average molecular weight is 369 g/mol. The molecule has 21 heavy (non-hydrogen) atoms. The van der Waals surface area contributed by atoms with Crippen molar-refractivity contribution in [3.63, 3.8) is 0 Å². The van der Waals surface area contributed by atoms with Crippen molar-refractivity contribution in [3.05, 3.63) is 63.1 Å². The van der Waals surface area contributed by atoms with Crippen LogP contribution in [0.4, 0.5) is 0 Å². The van der Waals surface area contributed by atoms with Gasteiger partial charge in [-0.15, -0.1) is 0 Å². The van der Waals surface area contributed by atoms with Crippen LogP contribution >= 0.6 is 27.5 Å². The summed E-state index contributed by atoms with van der Waals surface area (Å²) in [5.41, 5.74) is 2.36. The second kappa shape index (κ2) is 7.83. The van der Waals surface area contributed by atoms with Gasteiger partial charge in [0.05, 0.1) is 7.11 Å². The van der Waals surface area contributed by atoms with E-state index in [0.29, 0.717) is 6.04 Å². The first-order chi connectivity index (χ1) is 10.1. The monoisotopic (exact) mass is 367 g/mol. The third kappa shape index (κ3) is 4.47. The normalized spacial score (nSPS) is 12.2. The Hall–Kier alpha value is -1.03. The molecule has 0 radical (unpaired) electrons. The summed E-state index contributed by atoms with van der Waals surface area (Å²) in [6.07, 6.45) is 1.01. The molecule has 0 saturated heterocycles. The predicted octanol–water partition coefficient (Wildman–Crippen LogP) is 5.35. The lowest BCUT2D eigenvalue weighted by atomic mass is 10.0.